The van der Waals surface area contributed by atoms with Gasteiger partial charge in [0.1, 0.15) is 5.82 Å². The van der Waals surface area contributed by atoms with Crippen LogP contribution in [0.4, 0.5) is 17.3 Å². The number of aryl methyl sites for hydroxylation is 1. The first-order valence-corrected chi connectivity index (χ1v) is 4.04. The molecular weight excluding hydrogens is 234 g/mol. The summed E-state index contributed by atoms with van der Waals surface area (Å²) in [5.74, 6) is -0.355. The molecule has 0 aromatic heterocycles. The summed E-state index contributed by atoms with van der Waals surface area (Å²) in [4.78, 5) is 0. The van der Waals surface area contributed by atoms with E-state index in [1.54, 1.807) is 6.92 Å². The molecule has 0 aliphatic carbocycles. The Morgan fingerprint density at radius 1 is 1.20 bits per heavy atom. The summed E-state index contributed by atoms with van der Waals surface area (Å²) in [7, 11) is 0. The van der Waals surface area contributed by atoms with Crippen LogP contribution < -0.4 is 51.4 Å². The largest absolute Gasteiger partial charge is 1.00 e. The molecule has 0 unspecified atom stereocenters. The van der Waals surface area contributed by atoms with Crippen molar-refractivity contribution in [3.8, 4) is 0 Å². The first kappa shape index (κ1) is 15.4. The zero-order chi connectivity index (χ0) is 10.8. The average molecular weight is 242 g/mol. The minimum Gasteiger partial charge on any atom is -0.445 e. The molecule has 15 heavy (non-hydrogen) atoms. The number of benzene rings is 1. The number of hydrogen-bond acceptors (Lipinski definition) is 0. The van der Waals surface area contributed by atoms with Gasteiger partial charge in [-0.25, -0.2) is 4.39 Å². The second-order valence-corrected chi connectivity index (χ2v) is 2.99. The van der Waals surface area contributed by atoms with E-state index in [-0.39, 0.29) is 62.9 Å². The molecule has 0 fully saturated rings. The van der Waals surface area contributed by atoms with Crippen molar-refractivity contribution in [3.63, 3.8) is 0 Å². The predicted molar refractivity (Wildman–Crippen MR) is 49.2 cm³/mol. The fourth-order valence-electron chi connectivity index (χ4n) is 0.933. The van der Waals surface area contributed by atoms with E-state index >= 15 is 0 Å². The normalized spacial score (nSPS) is 11.5. The zero-order valence-electron chi connectivity index (χ0n) is 8.48. The van der Waals surface area contributed by atoms with E-state index < -0.39 is 12.8 Å². The summed E-state index contributed by atoms with van der Waals surface area (Å²) < 4.78 is 48.3. The number of rotatable bonds is 2. The van der Waals surface area contributed by atoms with Crippen molar-refractivity contribution in [3.05, 3.63) is 41.1 Å². The van der Waals surface area contributed by atoms with Crippen LogP contribution in [0.2, 0.25) is 0 Å². The summed E-state index contributed by atoms with van der Waals surface area (Å²) in [5, 5.41) is 0. The van der Waals surface area contributed by atoms with Crippen LogP contribution in [-0.2, 0) is 0 Å². The molecule has 0 amide bonds. The molecule has 0 aliphatic rings. The first-order chi connectivity index (χ1) is 6.38. The van der Waals surface area contributed by atoms with E-state index in [4.69, 9.17) is 0 Å². The van der Waals surface area contributed by atoms with Crippen LogP contribution in [0, 0.1) is 12.7 Å². The van der Waals surface area contributed by atoms with Gasteiger partial charge in [-0.15, -0.1) is 5.98 Å². The molecule has 0 aliphatic heterocycles. The van der Waals surface area contributed by atoms with Gasteiger partial charge >= 0.3 is 58.4 Å². The molecule has 6 heteroatoms. The van der Waals surface area contributed by atoms with E-state index in [0.29, 0.717) is 5.56 Å². The quantitative estimate of drug-likeness (QED) is 0.524. The second-order valence-electron chi connectivity index (χ2n) is 2.99. The first-order valence-electron chi connectivity index (χ1n) is 4.04. The van der Waals surface area contributed by atoms with Gasteiger partial charge in [0, 0.05) is 0 Å². The Hall–Kier alpha value is 0.381. The topological polar surface area (TPSA) is 0 Å². The van der Waals surface area contributed by atoms with Gasteiger partial charge in [-0.2, -0.15) is 0 Å². The van der Waals surface area contributed by atoms with Gasteiger partial charge in [0.25, 0.3) is 0 Å². The third kappa shape index (κ3) is 5.87. The Balaban J connectivity index is 0.00000196. The summed E-state index contributed by atoms with van der Waals surface area (Å²) in [6, 6.07) is 3.96. The third-order valence-corrected chi connectivity index (χ3v) is 1.70. The van der Waals surface area contributed by atoms with Crippen LogP contribution in [0.5, 0.6) is 0 Å². The van der Waals surface area contributed by atoms with Crippen molar-refractivity contribution in [2.45, 2.75) is 6.92 Å². The van der Waals surface area contributed by atoms with Gasteiger partial charge in [-0.3, -0.25) is 0 Å². The van der Waals surface area contributed by atoms with Crippen molar-refractivity contribution in [1.82, 2.24) is 0 Å². The zero-order valence-corrected chi connectivity index (χ0v) is 11.6. The van der Waals surface area contributed by atoms with Gasteiger partial charge < -0.3 is 12.9 Å². The molecule has 0 heterocycles. The number of halogens is 4. The van der Waals surface area contributed by atoms with Crippen LogP contribution in [0.25, 0.3) is 6.08 Å². The van der Waals surface area contributed by atoms with Gasteiger partial charge in [0.2, 0.25) is 0 Å². The maximum absolute atomic E-state index is 12.9. The Morgan fingerprint density at radius 3 is 2.27 bits per heavy atom. The van der Waals surface area contributed by atoms with Crippen LogP contribution in [0.1, 0.15) is 11.1 Å². The molecule has 1 aromatic rings. The molecule has 0 radical (unpaired) electrons. The van der Waals surface area contributed by atoms with E-state index in [2.05, 4.69) is 0 Å². The standard InChI is InChI=1S/C9H8BF4.K/c1-7-2-3-8(6-9(7)11)4-5-10(12,13)14;/h2-6H,1H3;/q-1;+1/b5-4+;. The number of hydrogen-bond donors (Lipinski definition) is 0. The van der Waals surface area contributed by atoms with Crippen LogP contribution >= 0.6 is 0 Å². The molecule has 0 saturated heterocycles. The fourth-order valence-corrected chi connectivity index (χ4v) is 0.933. The molecular formula is C9H8BF4K. The Labute approximate surface area is 128 Å². The Bertz CT molecular complexity index is 360. The fraction of sp³-hybridized carbons (Fsp3) is 0.111. The molecule has 0 N–H and O–H groups in total. The van der Waals surface area contributed by atoms with E-state index in [0.717, 1.165) is 12.1 Å². The second kappa shape index (κ2) is 6.20. The van der Waals surface area contributed by atoms with E-state index in [9.17, 15) is 17.3 Å². The Kier molecular flexibility index (Phi) is 6.36. The van der Waals surface area contributed by atoms with Crippen LogP contribution in [0.15, 0.2) is 24.2 Å². The third-order valence-electron chi connectivity index (χ3n) is 1.70. The molecule has 0 atom stereocenters. The molecule has 0 saturated carbocycles. The van der Waals surface area contributed by atoms with E-state index in [1.165, 1.54) is 12.1 Å². The van der Waals surface area contributed by atoms with Crippen LogP contribution in [-0.4, -0.2) is 6.98 Å². The van der Waals surface area contributed by atoms with E-state index in [1.807, 2.05) is 0 Å². The molecule has 0 spiro atoms. The molecule has 0 nitrogen and oxygen atoms in total. The molecule has 1 rings (SSSR count). The maximum atomic E-state index is 12.9. The van der Waals surface area contributed by atoms with Gasteiger partial charge in [-0.05, 0) is 24.1 Å². The van der Waals surface area contributed by atoms with Crippen molar-refractivity contribution >= 4 is 13.1 Å². The predicted octanol–water partition coefficient (Wildman–Crippen LogP) is 0.538. The summed E-state index contributed by atoms with van der Waals surface area (Å²) >= 11 is 0. The van der Waals surface area contributed by atoms with Gasteiger partial charge in [0.05, 0.1) is 0 Å². The Morgan fingerprint density at radius 2 is 1.80 bits per heavy atom. The van der Waals surface area contributed by atoms with Crippen molar-refractivity contribution in [2.75, 3.05) is 0 Å². The summed E-state index contributed by atoms with van der Waals surface area (Å²) in [6.45, 7) is -3.40. The van der Waals surface area contributed by atoms with Gasteiger partial charge in [0.15, 0.2) is 0 Å². The summed E-state index contributed by atoms with van der Waals surface area (Å²) in [5.41, 5.74) is 0.631. The van der Waals surface area contributed by atoms with Crippen LogP contribution in [0.3, 0.4) is 0 Å². The smallest absolute Gasteiger partial charge is 0.445 e. The minimum absolute atomic E-state index is 0. The average Bonchev–Trinajstić information content (AvgIpc) is 2.06. The van der Waals surface area contributed by atoms with Crippen molar-refractivity contribution in [1.29, 1.82) is 0 Å². The maximum Gasteiger partial charge on any atom is 1.00 e. The van der Waals surface area contributed by atoms with Gasteiger partial charge in [-0.1, -0.05) is 18.2 Å². The van der Waals surface area contributed by atoms with Crippen molar-refractivity contribution < 1.29 is 68.7 Å². The molecule has 1 aromatic carbocycles. The monoisotopic (exact) mass is 242 g/mol. The van der Waals surface area contributed by atoms with Crippen molar-refractivity contribution in [2.24, 2.45) is 0 Å². The molecule has 0 bridgehead atoms. The summed E-state index contributed by atoms with van der Waals surface area (Å²) in [6.07, 6.45) is 0.864. The SMILES string of the molecule is Cc1ccc(/C=C/[B-](F)(F)F)cc1F.[K+]. The molecule has 76 valence electrons. The minimum atomic E-state index is -4.95.